The molecule has 0 saturated carbocycles. The van der Waals surface area contributed by atoms with Gasteiger partial charge in [-0.2, -0.15) is 0 Å². The molecule has 1 aromatic rings. The molecule has 1 aromatic carbocycles. The third kappa shape index (κ3) is 4.72. The number of rotatable bonds is 8. The van der Waals surface area contributed by atoms with Crippen molar-refractivity contribution in [1.29, 1.82) is 0 Å². The summed E-state index contributed by atoms with van der Waals surface area (Å²) in [5, 5.41) is 0. The topological polar surface area (TPSA) is 59.1 Å². The molecule has 25 heavy (non-hydrogen) atoms. The quantitative estimate of drug-likeness (QED) is 0.536. The van der Waals surface area contributed by atoms with Crippen LogP contribution in [0.5, 0.6) is 0 Å². The highest BCUT2D eigenvalue weighted by molar-refractivity contribution is 5.83. The first-order valence-corrected chi connectivity index (χ1v) is 9.04. The van der Waals surface area contributed by atoms with Crippen molar-refractivity contribution in [2.24, 2.45) is 0 Å². The van der Waals surface area contributed by atoms with E-state index < -0.39 is 6.29 Å². The molecule has 136 valence electrons. The predicted molar refractivity (Wildman–Crippen MR) is 92.7 cm³/mol. The van der Waals surface area contributed by atoms with E-state index in [0.29, 0.717) is 19.5 Å². The minimum Gasteiger partial charge on any atom is -0.417 e. The Balaban J connectivity index is 1.24. The summed E-state index contributed by atoms with van der Waals surface area (Å²) in [4.78, 5) is 26.5. The second-order valence-electron chi connectivity index (χ2n) is 6.73. The Hall–Kier alpha value is -2.08. The Labute approximate surface area is 148 Å². The molecular weight excluding hydrogens is 320 g/mol. The number of carbonyl (C=O) groups excluding carboxylic acids is 2. The van der Waals surface area contributed by atoms with E-state index in [2.05, 4.69) is 24.3 Å². The standard InChI is InChI=1S/C19H26N2O4/c1-20(12-8-3-2-5-9-15-10-6-4-7-11-15)19(23)25-18-14-21-16(22)13-17(21)24-18/h4,6-7,10-11,17-18H,2-3,5,8-9,12-14H2,1H3/t17-,18-/m1/s1. The minimum atomic E-state index is -0.628. The zero-order chi connectivity index (χ0) is 17.6. The van der Waals surface area contributed by atoms with Crippen LogP contribution in [0.15, 0.2) is 30.3 Å². The fourth-order valence-corrected chi connectivity index (χ4v) is 3.18. The fourth-order valence-electron chi connectivity index (χ4n) is 3.18. The van der Waals surface area contributed by atoms with Crippen LogP contribution >= 0.6 is 0 Å². The molecule has 6 heteroatoms. The van der Waals surface area contributed by atoms with E-state index in [9.17, 15) is 9.59 Å². The first-order valence-electron chi connectivity index (χ1n) is 9.04. The third-order valence-electron chi connectivity index (χ3n) is 4.77. The van der Waals surface area contributed by atoms with E-state index in [1.165, 1.54) is 12.0 Å². The Bertz CT molecular complexity index is 592. The second kappa shape index (κ2) is 8.34. The molecule has 0 N–H and O–H groups in total. The van der Waals surface area contributed by atoms with Gasteiger partial charge in [0.15, 0.2) is 0 Å². The summed E-state index contributed by atoms with van der Waals surface area (Å²) < 4.78 is 10.8. The van der Waals surface area contributed by atoms with Crippen LogP contribution in [0.25, 0.3) is 0 Å². The van der Waals surface area contributed by atoms with E-state index in [4.69, 9.17) is 9.47 Å². The van der Waals surface area contributed by atoms with Gasteiger partial charge in [0.1, 0.15) is 6.23 Å². The van der Waals surface area contributed by atoms with Crippen LogP contribution in [0, 0.1) is 0 Å². The molecule has 6 nitrogen and oxygen atoms in total. The molecule has 2 aliphatic rings. The lowest BCUT2D eigenvalue weighted by Gasteiger charge is -2.31. The zero-order valence-corrected chi connectivity index (χ0v) is 14.7. The van der Waals surface area contributed by atoms with E-state index in [-0.39, 0.29) is 18.2 Å². The molecule has 2 amide bonds. The van der Waals surface area contributed by atoms with Crippen LogP contribution in [-0.4, -0.2) is 54.5 Å². The molecule has 0 radical (unpaired) electrons. The lowest BCUT2D eigenvalue weighted by Crippen LogP contribution is -2.48. The van der Waals surface area contributed by atoms with Gasteiger partial charge < -0.3 is 19.3 Å². The van der Waals surface area contributed by atoms with Gasteiger partial charge in [-0.25, -0.2) is 4.79 Å². The van der Waals surface area contributed by atoms with E-state index >= 15 is 0 Å². The predicted octanol–water partition coefficient (Wildman–Crippen LogP) is 2.77. The number of fused-ring (bicyclic) bond motifs is 1. The lowest BCUT2D eigenvalue weighted by molar-refractivity contribution is -0.163. The summed E-state index contributed by atoms with van der Waals surface area (Å²) >= 11 is 0. The van der Waals surface area contributed by atoms with Gasteiger partial charge in [-0.3, -0.25) is 4.79 Å². The number of β-lactam (4-membered cyclic amide) rings is 1. The van der Waals surface area contributed by atoms with Gasteiger partial charge in [0.05, 0.1) is 13.0 Å². The van der Waals surface area contributed by atoms with E-state index in [1.54, 1.807) is 16.8 Å². The van der Waals surface area contributed by atoms with Gasteiger partial charge >= 0.3 is 6.09 Å². The molecule has 2 heterocycles. The highest BCUT2D eigenvalue weighted by Crippen LogP contribution is 2.29. The molecule has 2 atom stereocenters. The maximum Gasteiger partial charge on any atom is 0.411 e. The number of amides is 2. The highest BCUT2D eigenvalue weighted by atomic mass is 16.7. The van der Waals surface area contributed by atoms with Crippen molar-refractivity contribution in [3.63, 3.8) is 0 Å². The van der Waals surface area contributed by atoms with Crippen molar-refractivity contribution in [3.8, 4) is 0 Å². The summed E-state index contributed by atoms with van der Waals surface area (Å²) in [6.07, 6.45) is 4.66. The third-order valence-corrected chi connectivity index (χ3v) is 4.77. The average molecular weight is 346 g/mol. The molecule has 2 saturated heterocycles. The zero-order valence-electron chi connectivity index (χ0n) is 14.7. The van der Waals surface area contributed by atoms with Crippen LogP contribution in [-0.2, 0) is 20.7 Å². The number of ether oxygens (including phenoxy) is 2. The molecule has 3 rings (SSSR count). The molecule has 0 bridgehead atoms. The Morgan fingerprint density at radius 1 is 1.24 bits per heavy atom. The Morgan fingerprint density at radius 2 is 2.00 bits per heavy atom. The molecule has 2 fully saturated rings. The summed E-state index contributed by atoms with van der Waals surface area (Å²) in [6.45, 7) is 1.02. The van der Waals surface area contributed by atoms with Crippen molar-refractivity contribution >= 4 is 12.0 Å². The van der Waals surface area contributed by atoms with Gasteiger partial charge in [0, 0.05) is 13.6 Å². The Morgan fingerprint density at radius 3 is 2.72 bits per heavy atom. The molecule has 0 unspecified atom stereocenters. The van der Waals surface area contributed by atoms with Gasteiger partial charge in [0.25, 0.3) is 0 Å². The van der Waals surface area contributed by atoms with Gasteiger partial charge in [-0.05, 0) is 24.8 Å². The van der Waals surface area contributed by atoms with Crippen LogP contribution in [0.3, 0.4) is 0 Å². The number of unbranched alkanes of at least 4 members (excludes halogenated alkanes) is 3. The highest BCUT2D eigenvalue weighted by Gasteiger charge is 2.46. The van der Waals surface area contributed by atoms with Crippen molar-refractivity contribution in [2.75, 3.05) is 20.1 Å². The van der Waals surface area contributed by atoms with Gasteiger partial charge in [-0.1, -0.05) is 43.2 Å². The molecule has 0 aliphatic carbocycles. The molecule has 0 spiro atoms. The Kier molecular flexibility index (Phi) is 5.91. The number of nitrogens with zero attached hydrogens (tertiary/aromatic N) is 2. The maximum atomic E-state index is 12.0. The smallest absolute Gasteiger partial charge is 0.411 e. The van der Waals surface area contributed by atoms with Crippen molar-refractivity contribution < 1.29 is 19.1 Å². The van der Waals surface area contributed by atoms with E-state index in [1.807, 2.05) is 6.07 Å². The summed E-state index contributed by atoms with van der Waals surface area (Å²) in [5.74, 6) is 0.0624. The first kappa shape index (κ1) is 17.7. The fraction of sp³-hybridized carbons (Fsp3) is 0.579. The second-order valence-corrected chi connectivity index (χ2v) is 6.73. The average Bonchev–Trinajstić information content (AvgIpc) is 2.94. The number of carbonyl (C=O) groups is 2. The molecular formula is C19H26N2O4. The van der Waals surface area contributed by atoms with Crippen molar-refractivity contribution in [2.45, 2.75) is 51.0 Å². The SMILES string of the molecule is CN(CCCCCCc1ccccc1)C(=O)O[C@@H]1CN2C(=O)C[C@H]2O1. The number of aryl methyl sites for hydroxylation is 1. The monoisotopic (exact) mass is 346 g/mol. The van der Waals surface area contributed by atoms with E-state index in [0.717, 1.165) is 25.7 Å². The summed E-state index contributed by atoms with van der Waals surface area (Å²) in [6, 6.07) is 10.5. The van der Waals surface area contributed by atoms with Gasteiger partial charge in [0.2, 0.25) is 12.2 Å². The summed E-state index contributed by atoms with van der Waals surface area (Å²) in [5.41, 5.74) is 1.38. The van der Waals surface area contributed by atoms with Crippen LogP contribution in [0.4, 0.5) is 4.79 Å². The number of benzene rings is 1. The number of hydrogen-bond donors (Lipinski definition) is 0. The lowest BCUT2D eigenvalue weighted by atomic mass is 10.1. The van der Waals surface area contributed by atoms with Crippen LogP contribution < -0.4 is 0 Å². The maximum absolute atomic E-state index is 12.0. The van der Waals surface area contributed by atoms with Gasteiger partial charge in [-0.15, -0.1) is 0 Å². The van der Waals surface area contributed by atoms with Crippen LogP contribution in [0.1, 0.15) is 37.7 Å². The number of hydrogen-bond acceptors (Lipinski definition) is 4. The largest absolute Gasteiger partial charge is 0.417 e. The van der Waals surface area contributed by atoms with Crippen molar-refractivity contribution in [3.05, 3.63) is 35.9 Å². The van der Waals surface area contributed by atoms with Crippen molar-refractivity contribution in [1.82, 2.24) is 9.80 Å². The summed E-state index contributed by atoms with van der Waals surface area (Å²) in [7, 11) is 1.74. The minimum absolute atomic E-state index is 0.0624. The first-order chi connectivity index (χ1) is 12.1. The van der Waals surface area contributed by atoms with Crippen LogP contribution in [0.2, 0.25) is 0 Å². The molecule has 2 aliphatic heterocycles. The molecule has 0 aromatic heterocycles. The normalized spacial score (nSPS) is 21.6.